The smallest absolute Gasteiger partial charge is 1.00 e. The maximum atomic E-state index is 10.3. The molecule has 0 unspecified atom stereocenters. The fourth-order valence-electron chi connectivity index (χ4n) is 0.878. The number of allylic oxidation sites excluding steroid dienone is 1. The number of hydrogen-bond acceptors (Lipinski definition) is 1. The summed E-state index contributed by atoms with van der Waals surface area (Å²) in [5, 5.41) is 0. The minimum absolute atomic E-state index is 0. The molecule has 1 rings (SSSR count). The summed E-state index contributed by atoms with van der Waals surface area (Å²) in [5.74, 6) is 0. The van der Waals surface area contributed by atoms with Crippen LogP contribution in [0.1, 0.15) is 25.7 Å². The van der Waals surface area contributed by atoms with Crippen LogP contribution in [0, 0.1) is 0 Å². The van der Waals surface area contributed by atoms with Gasteiger partial charge in [-0.3, -0.25) is 4.79 Å². The molecule has 1 nitrogen and oxygen atoms in total. The van der Waals surface area contributed by atoms with Gasteiger partial charge < -0.3 is 2.85 Å². The van der Waals surface area contributed by atoms with Crippen LogP contribution in [0.4, 0.5) is 0 Å². The van der Waals surface area contributed by atoms with Gasteiger partial charge in [-0.15, -0.1) is 0 Å². The first-order valence-corrected chi connectivity index (χ1v) is 3.55. The number of carbonyl (C=O) groups is 1. The third-order valence-corrected chi connectivity index (χ3v) is 1.43. The summed E-state index contributed by atoms with van der Waals surface area (Å²) >= 11 is 0. The third-order valence-electron chi connectivity index (χ3n) is 1.43. The zero-order valence-electron chi connectivity index (χ0n) is 10.4. The van der Waals surface area contributed by atoms with Gasteiger partial charge in [-0.25, -0.2) is 0 Å². The molecule has 0 bridgehead atoms. The largest absolute Gasteiger partial charge is 1.00 e. The Morgan fingerprint density at radius 1 is 1.08 bits per heavy atom. The van der Waals surface area contributed by atoms with Gasteiger partial charge in [0, 0.05) is 5.56 Å². The standard InChI is InChI=1S/C10H10O.2Na.2H/c1-2-3-9-4-6-10(8-11)7-5-9;;;;/h2-8H,1H3;;;;/q;2*+1;2*-1/b3-2+;;;;. The number of benzene rings is 1. The van der Waals surface area contributed by atoms with Gasteiger partial charge in [-0.1, -0.05) is 36.4 Å². The number of rotatable bonds is 2. The molecule has 0 aliphatic heterocycles. The molecule has 3 heteroatoms. The Bertz CT molecular complexity index is 273. The van der Waals surface area contributed by atoms with E-state index in [-0.39, 0.29) is 62.0 Å². The monoisotopic (exact) mass is 194 g/mol. The molecular weight excluding hydrogens is 182 g/mol. The second kappa shape index (κ2) is 9.20. The quantitative estimate of drug-likeness (QED) is 0.357. The van der Waals surface area contributed by atoms with Gasteiger partial charge in [0.25, 0.3) is 0 Å². The van der Waals surface area contributed by atoms with E-state index < -0.39 is 0 Å². The molecule has 60 valence electrons. The summed E-state index contributed by atoms with van der Waals surface area (Å²) in [6.45, 7) is 1.97. The summed E-state index contributed by atoms with van der Waals surface area (Å²) < 4.78 is 0. The SMILES string of the molecule is C/C=C/c1ccc(C=O)cc1.[H-].[H-].[Na+].[Na+]. The molecular formula is C10H12Na2O. The fourth-order valence-corrected chi connectivity index (χ4v) is 0.878. The van der Waals surface area contributed by atoms with Crippen molar-refractivity contribution in [3.05, 3.63) is 41.5 Å². The van der Waals surface area contributed by atoms with Gasteiger partial charge in [-0.2, -0.15) is 0 Å². The molecule has 1 aromatic rings. The van der Waals surface area contributed by atoms with E-state index in [2.05, 4.69) is 0 Å². The normalized spacial score (nSPS) is 8.69. The molecule has 0 saturated heterocycles. The molecule has 0 N–H and O–H groups in total. The molecule has 0 fully saturated rings. The van der Waals surface area contributed by atoms with E-state index in [1.165, 1.54) is 0 Å². The molecule has 0 heterocycles. The Morgan fingerprint density at radius 3 is 1.92 bits per heavy atom. The van der Waals surface area contributed by atoms with Crippen molar-refractivity contribution in [2.24, 2.45) is 0 Å². The summed E-state index contributed by atoms with van der Waals surface area (Å²) in [7, 11) is 0. The van der Waals surface area contributed by atoms with Crippen molar-refractivity contribution in [1.82, 2.24) is 0 Å². The van der Waals surface area contributed by atoms with Crippen molar-refractivity contribution in [3.63, 3.8) is 0 Å². The second-order valence-corrected chi connectivity index (χ2v) is 2.28. The fraction of sp³-hybridized carbons (Fsp3) is 0.100. The van der Waals surface area contributed by atoms with Crippen LogP contribution in [0.3, 0.4) is 0 Å². The van der Waals surface area contributed by atoms with Crippen molar-refractivity contribution in [3.8, 4) is 0 Å². The summed E-state index contributed by atoms with van der Waals surface area (Å²) in [6, 6.07) is 7.46. The van der Waals surface area contributed by atoms with Crippen molar-refractivity contribution in [1.29, 1.82) is 0 Å². The van der Waals surface area contributed by atoms with Crippen LogP contribution in [0.5, 0.6) is 0 Å². The Labute approximate surface area is 126 Å². The molecule has 0 atom stereocenters. The molecule has 13 heavy (non-hydrogen) atoms. The number of aldehydes is 1. The van der Waals surface area contributed by atoms with Crippen LogP contribution in [0.2, 0.25) is 0 Å². The molecule has 0 aliphatic rings. The van der Waals surface area contributed by atoms with E-state index in [0.717, 1.165) is 17.4 Å². The Morgan fingerprint density at radius 2 is 1.54 bits per heavy atom. The van der Waals surface area contributed by atoms with Crippen LogP contribution >= 0.6 is 0 Å². The van der Waals surface area contributed by atoms with E-state index in [0.29, 0.717) is 0 Å². The van der Waals surface area contributed by atoms with Crippen LogP contribution in [-0.2, 0) is 0 Å². The zero-order chi connectivity index (χ0) is 8.10. The summed E-state index contributed by atoms with van der Waals surface area (Å²) in [4.78, 5) is 10.3. The first kappa shape index (κ1) is 16.1. The van der Waals surface area contributed by atoms with Crippen LogP contribution in [0.15, 0.2) is 30.3 Å². The molecule has 0 aliphatic carbocycles. The van der Waals surface area contributed by atoms with Crippen molar-refractivity contribution < 1.29 is 66.8 Å². The first-order valence-electron chi connectivity index (χ1n) is 3.55. The molecule has 0 saturated carbocycles. The van der Waals surface area contributed by atoms with E-state index in [1.807, 2.05) is 43.3 Å². The number of carbonyl (C=O) groups excluding carboxylic acids is 1. The van der Waals surface area contributed by atoms with Gasteiger partial charge in [-0.05, 0) is 12.5 Å². The summed E-state index contributed by atoms with van der Waals surface area (Å²) in [6.07, 6.45) is 4.81. The van der Waals surface area contributed by atoms with E-state index in [9.17, 15) is 4.79 Å². The van der Waals surface area contributed by atoms with Crippen LogP contribution < -0.4 is 59.1 Å². The van der Waals surface area contributed by atoms with E-state index in [4.69, 9.17) is 0 Å². The molecule has 0 spiro atoms. The maximum Gasteiger partial charge on any atom is 1.00 e. The van der Waals surface area contributed by atoms with Crippen molar-refractivity contribution in [2.45, 2.75) is 6.92 Å². The Balaban J connectivity index is -0.000000151. The maximum absolute atomic E-state index is 10.3. The Hall–Kier alpha value is 0.630. The van der Waals surface area contributed by atoms with Gasteiger partial charge >= 0.3 is 59.1 Å². The minimum Gasteiger partial charge on any atom is -1.00 e. The average molecular weight is 194 g/mol. The molecule has 0 radical (unpaired) electrons. The number of hydrogen-bond donors (Lipinski definition) is 0. The summed E-state index contributed by atoms with van der Waals surface area (Å²) in [5.41, 5.74) is 1.84. The average Bonchev–Trinajstić information content (AvgIpc) is 2.07. The van der Waals surface area contributed by atoms with E-state index >= 15 is 0 Å². The third kappa shape index (κ3) is 5.84. The predicted molar refractivity (Wildman–Crippen MR) is 48.8 cm³/mol. The van der Waals surface area contributed by atoms with Gasteiger partial charge in [0.05, 0.1) is 0 Å². The molecule has 0 aromatic heterocycles. The minimum atomic E-state index is 0. The van der Waals surface area contributed by atoms with Gasteiger partial charge in [0.15, 0.2) is 0 Å². The zero-order valence-corrected chi connectivity index (χ0v) is 12.4. The molecule has 1 aromatic carbocycles. The first-order chi connectivity index (χ1) is 5.36. The molecule has 0 amide bonds. The van der Waals surface area contributed by atoms with Crippen LogP contribution in [-0.4, -0.2) is 6.29 Å². The second-order valence-electron chi connectivity index (χ2n) is 2.28. The van der Waals surface area contributed by atoms with Gasteiger partial charge in [0.2, 0.25) is 0 Å². The van der Waals surface area contributed by atoms with Crippen molar-refractivity contribution in [2.75, 3.05) is 0 Å². The van der Waals surface area contributed by atoms with Crippen molar-refractivity contribution >= 4 is 12.4 Å². The van der Waals surface area contributed by atoms with E-state index in [1.54, 1.807) is 0 Å². The Kier molecular flexibility index (Phi) is 11.4. The predicted octanol–water partition coefficient (Wildman–Crippen LogP) is -3.23. The van der Waals surface area contributed by atoms with Gasteiger partial charge in [0.1, 0.15) is 6.29 Å². The van der Waals surface area contributed by atoms with Crippen LogP contribution in [0.25, 0.3) is 6.08 Å². The topological polar surface area (TPSA) is 17.1 Å².